The summed E-state index contributed by atoms with van der Waals surface area (Å²) in [5, 5.41) is 5.52. The first-order chi connectivity index (χ1) is 8.68. The van der Waals surface area contributed by atoms with Crippen LogP contribution in [0.5, 0.6) is 0 Å². The maximum atomic E-state index is 6.24. The third kappa shape index (κ3) is 3.27. The number of nitrogens with one attached hydrogen (secondary N) is 1. The molecular formula is C15H21ClN2. The zero-order valence-corrected chi connectivity index (χ0v) is 11.9. The van der Waals surface area contributed by atoms with E-state index in [-0.39, 0.29) is 0 Å². The molecule has 0 unspecified atom stereocenters. The van der Waals surface area contributed by atoms with Crippen LogP contribution in [0.15, 0.2) is 30.5 Å². The van der Waals surface area contributed by atoms with Gasteiger partial charge in [0.05, 0.1) is 10.5 Å². The molecule has 0 aliphatic rings. The molecule has 1 aromatic carbocycles. The first-order valence-electron chi connectivity index (χ1n) is 6.62. The second-order valence-corrected chi connectivity index (χ2v) is 5.53. The van der Waals surface area contributed by atoms with Gasteiger partial charge in [-0.1, -0.05) is 37.6 Å². The van der Waals surface area contributed by atoms with Gasteiger partial charge in [0.1, 0.15) is 0 Å². The Balaban J connectivity index is 1.92. The minimum Gasteiger partial charge on any atom is -0.345 e. The molecule has 0 spiro atoms. The van der Waals surface area contributed by atoms with Crippen LogP contribution in [-0.2, 0) is 6.54 Å². The lowest BCUT2D eigenvalue weighted by Crippen LogP contribution is -2.21. The molecule has 0 saturated carbocycles. The van der Waals surface area contributed by atoms with Crippen molar-refractivity contribution in [2.24, 2.45) is 5.92 Å². The highest BCUT2D eigenvalue weighted by Crippen LogP contribution is 2.23. The number of hydrogen-bond acceptors (Lipinski definition) is 1. The molecule has 0 saturated heterocycles. The molecular weight excluding hydrogens is 244 g/mol. The average molecular weight is 265 g/mol. The Bertz CT molecular complexity index is 502. The summed E-state index contributed by atoms with van der Waals surface area (Å²) in [5.74, 6) is 0.763. The zero-order chi connectivity index (χ0) is 13.0. The van der Waals surface area contributed by atoms with Crippen LogP contribution >= 0.6 is 11.6 Å². The van der Waals surface area contributed by atoms with Crippen molar-refractivity contribution in [1.82, 2.24) is 9.88 Å². The van der Waals surface area contributed by atoms with Crippen molar-refractivity contribution in [2.75, 3.05) is 13.1 Å². The predicted molar refractivity (Wildman–Crippen MR) is 79.3 cm³/mol. The van der Waals surface area contributed by atoms with Crippen LogP contribution in [-0.4, -0.2) is 17.7 Å². The van der Waals surface area contributed by atoms with E-state index >= 15 is 0 Å². The van der Waals surface area contributed by atoms with E-state index < -0.39 is 0 Å². The van der Waals surface area contributed by atoms with E-state index in [1.807, 2.05) is 12.1 Å². The van der Waals surface area contributed by atoms with Crippen LogP contribution in [0.2, 0.25) is 5.02 Å². The number of hydrogen-bond donors (Lipinski definition) is 1. The Morgan fingerprint density at radius 2 is 2.06 bits per heavy atom. The topological polar surface area (TPSA) is 17.0 Å². The van der Waals surface area contributed by atoms with Gasteiger partial charge in [-0.3, -0.25) is 0 Å². The minimum absolute atomic E-state index is 0.763. The summed E-state index contributed by atoms with van der Waals surface area (Å²) >= 11 is 6.24. The van der Waals surface area contributed by atoms with E-state index in [2.05, 4.69) is 42.1 Å². The molecule has 0 atom stereocenters. The van der Waals surface area contributed by atoms with E-state index in [0.29, 0.717) is 0 Å². The van der Waals surface area contributed by atoms with Gasteiger partial charge in [0.25, 0.3) is 0 Å². The zero-order valence-electron chi connectivity index (χ0n) is 11.1. The largest absolute Gasteiger partial charge is 0.345 e. The van der Waals surface area contributed by atoms with E-state index in [0.717, 1.165) is 36.1 Å². The summed E-state index contributed by atoms with van der Waals surface area (Å²) < 4.78 is 2.22. The third-order valence-electron chi connectivity index (χ3n) is 3.17. The van der Waals surface area contributed by atoms with Crippen LogP contribution < -0.4 is 5.32 Å². The van der Waals surface area contributed by atoms with Gasteiger partial charge in [0.15, 0.2) is 0 Å². The Kier molecular flexibility index (Phi) is 4.67. The van der Waals surface area contributed by atoms with Gasteiger partial charge in [-0.25, -0.2) is 0 Å². The monoisotopic (exact) mass is 264 g/mol. The van der Waals surface area contributed by atoms with Gasteiger partial charge >= 0.3 is 0 Å². The van der Waals surface area contributed by atoms with Crippen molar-refractivity contribution in [3.8, 4) is 0 Å². The van der Waals surface area contributed by atoms with E-state index in [9.17, 15) is 0 Å². The fraction of sp³-hybridized carbons (Fsp3) is 0.467. The van der Waals surface area contributed by atoms with Crippen LogP contribution in [0.1, 0.15) is 20.3 Å². The number of rotatable bonds is 6. The standard InChI is InChI=1S/C15H21ClN2/c1-12(2)6-8-17-9-11-18-10-7-13-4-3-5-14(16)15(13)18/h3-5,7,10,12,17H,6,8-9,11H2,1-2H3. The van der Waals surface area contributed by atoms with Crippen molar-refractivity contribution in [3.05, 3.63) is 35.5 Å². The molecule has 98 valence electrons. The molecule has 0 radical (unpaired) electrons. The van der Waals surface area contributed by atoms with Crippen molar-refractivity contribution >= 4 is 22.5 Å². The maximum absolute atomic E-state index is 6.24. The van der Waals surface area contributed by atoms with Gasteiger partial charge in [0, 0.05) is 24.7 Å². The SMILES string of the molecule is CC(C)CCNCCn1ccc2cccc(Cl)c21. The Labute approximate surface area is 114 Å². The number of para-hydroxylation sites is 1. The first kappa shape index (κ1) is 13.4. The van der Waals surface area contributed by atoms with Crippen molar-refractivity contribution in [1.29, 1.82) is 0 Å². The molecule has 1 aromatic heterocycles. The highest BCUT2D eigenvalue weighted by atomic mass is 35.5. The quantitative estimate of drug-likeness (QED) is 0.783. The van der Waals surface area contributed by atoms with Crippen molar-refractivity contribution in [2.45, 2.75) is 26.8 Å². The molecule has 0 fully saturated rings. The van der Waals surface area contributed by atoms with Crippen molar-refractivity contribution in [3.63, 3.8) is 0 Å². The van der Waals surface area contributed by atoms with Crippen LogP contribution in [0.3, 0.4) is 0 Å². The molecule has 2 aromatic rings. The molecule has 18 heavy (non-hydrogen) atoms. The van der Waals surface area contributed by atoms with Crippen LogP contribution in [0.4, 0.5) is 0 Å². The Hall–Kier alpha value is -0.990. The fourth-order valence-electron chi connectivity index (χ4n) is 2.12. The molecule has 0 aliphatic carbocycles. The molecule has 2 nitrogen and oxygen atoms in total. The van der Waals surface area contributed by atoms with Gasteiger partial charge in [0.2, 0.25) is 0 Å². The normalized spacial score (nSPS) is 11.6. The summed E-state index contributed by atoms with van der Waals surface area (Å²) in [6.45, 7) is 7.54. The van der Waals surface area contributed by atoms with E-state index in [1.54, 1.807) is 0 Å². The predicted octanol–water partition coefficient (Wildman–Crippen LogP) is 3.93. The lowest BCUT2D eigenvalue weighted by molar-refractivity contribution is 0.522. The number of fused-ring (bicyclic) bond motifs is 1. The number of nitrogens with zero attached hydrogens (tertiary/aromatic N) is 1. The molecule has 0 aliphatic heterocycles. The van der Waals surface area contributed by atoms with E-state index in [1.165, 1.54) is 11.8 Å². The summed E-state index contributed by atoms with van der Waals surface area (Å²) in [5.41, 5.74) is 1.14. The Morgan fingerprint density at radius 3 is 2.83 bits per heavy atom. The number of halogens is 1. The molecule has 1 heterocycles. The summed E-state index contributed by atoms with van der Waals surface area (Å²) in [6.07, 6.45) is 3.34. The average Bonchev–Trinajstić information content (AvgIpc) is 2.73. The fourth-order valence-corrected chi connectivity index (χ4v) is 2.41. The molecule has 0 bridgehead atoms. The Morgan fingerprint density at radius 1 is 1.22 bits per heavy atom. The summed E-state index contributed by atoms with van der Waals surface area (Å²) in [6, 6.07) is 8.17. The van der Waals surface area contributed by atoms with Gasteiger partial charge in [-0.2, -0.15) is 0 Å². The van der Waals surface area contributed by atoms with Gasteiger partial charge in [-0.15, -0.1) is 0 Å². The maximum Gasteiger partial charge on any atom is 0.0670 e. The third-order valence-corrected chi connectivity index (χ3v) is 3.47. The smallest absolute Gasteiger partial charge is 0.0670 e. The van der Waals surface area contributed by atoms with Gasteiger partial charge in [-0.05, 0) is 31.0 Å². The minimum atomic E-state index is 0.763. The molecule has 1 N–H and O–H groups in total. The van der Waals surface area contributed by atoms with Crippen molar-refractivity contribution < 1.29 is 0 Å². The lowest BCUT2D eigenvalue weighted by Gasteiger charge is -2.09. The first-order valence-corrected chi connectivity index (χ1v) is 7.00. The highest BCUT2D eigenvalue weighted by Gasteiger charge is 2.04. The van der Waals surface area contributed by atoms with E-state index in [4.69, 9.17) is 11.6 Å². The number of benzene rings is 1. The highest BCUT2D eigenvalue weighted by molar-refractivity contribution is 6.35. The second kappa shape index (κ2) is 6.26. The second-order valence-electron chi connectivity index (χ2n) is 5.12. The van der Waals surface area contributed by atoms with Crippen LogP contribution in [0, 0.1) is 5.92 Å². The van der Waals surface area contributed by atoms with Crippen LogP contribution in [0.25, 0.3) is 10.9 Å². The lowest BCUT2D eigenvalue weighted by atomic mass is 10.1. The molecule has 3 heteroatoms. The number of aromatic nitrogens is 1. The van der Waals surface area contributed by atoms with Gasteiger partial charge < -0.3 is 9.88 Å². The summed E-state index contributed by atoms with van der Waals surface area (Å²) in [4.78, 5) is 0. The molecule has 0 amide bonds. The molecule has 2 rings (SSSR count). The summed E-state index contributed by atoms with van der Waals surface area (Å²) in [7, 11) is 0.